The van der Waals surface area contributed by atoms with Crippen LogP contribution in [-0.2, 0) is 17.8 Å². The minimum absolute atomic E-state index is 0.0321. The van der Waals surface area contributed by atoms with E-state index in [0.717, 1.165) is 11.1 Å². The molecule has 1 aliphatic rings. The highest BCUT2D eigenvalue weighted by Gasteiger charge is 2.29. The smallest absolute Gasteiger partial charge is 0.223 e. The lowest BCUT2D eigenvalue weighted by molar-refractivity contribution is -0.132. The van der Waals surface area contributed by atoms with Crippen molar-refractivity contribution in [1.82, 2.24) is 14.7 Å². The molecule has 0 bridgehead atoms. The number of halogens is 1. The van der Waals surface area contributed by atoms with Crippen molar-refractivity contribution in [2.45, 2.75) is 25.4 Å². The summed E-state index contributed by atoms with van der Waals surface area (Å²) in [5, 5.41) is 4.38. The number of aromatic nitrogens is 2. The molecule has 5 heteroatoms. The molecule has 4 rings (SSSR count). The zero-order valence-corrected chi connectivity index (χ0v) is 14.4. The fourth-order valence-electron chi connectivity index (χ4n) is 3.52. The Morgan fingerprint density at radius 1 is 1.12 bits per heavy atom. The summed E-state index contributed by atoms with van der Waals surface area (Å²) in [6.45, 7) is 1.23. The first kappa shape index (κ1) is 16.5. The van der Waals surface area contributed by atoms with Crippen molar-refractivity contribution in [3.63, 3.8) is 0 Å². The van der Waals surface area contributed by atoms with Gasteiger partial charge in [0, 0.05) is 31.9 Å². The molecule has 2 aromatic carbocycles. The molecule has 2 heterocycles. The number of rotatable bonds is 4. The third-order valence-corrected chi connectivity index (χ3v) is 4.91. The molecule has 3 aromatic rings. The Kier molecular flexibility index (Phi) is 4.52. The summed E-state index contributed by atoms with van der Waals surface area (Å²) in [6.07, 6.45) is 4.73. The van der Waals surface area contributed by atoms with Crippen molar-refractivity contribution < 1.29 is 9.18 Å². The summed E-state index contributed by atoms with van der Waals surface area (Å²) in [7, 11) is 0. The molecular formula is C21H20FN3O. The van der Waals surface area contributed by atoms with E-state index in [2.05, 4.69) is 17.2 Å². The lowest BCUT2D eigenvalue weighted by atomic mass is 9.95. The fourth-order valence-corrected chi connectivity index (χ4v) is 3.52. The molecule has 0 saturated heterocycles. The second kappa shape index (κ2) is 7.12. The quantitative estimate of drug-likeness (QED) is 0.722. The molecule has 0 fully saturated rings. The summed E-state index contributed by atoms with van der Waals surface area (Å²) < 4.78 is 14.9. The topological polar surface area (TPSA) is 38.1 Å². The predicted molar refractivity (Wildman–Crippen MR) is 96.9 cm³/mol. The van der Waals surface area contributed by atoms with Crippen LogP contribution in [0.25, 0.3) is 0 Å². The van der Waals surface area contributed by atoms with Crippen LogP contribution >= 0.6 is 0 Å². The largest absolute Gasteiger partial charge is 0.336 e. The van der Waals surface area contributed by atoms with Crippen LogP contribution in [0.15, 0.2) is 67.0 Å². The molecule has 1 aromatic heterocycles. The Morgan fingerprint density at radius 3 is 2.69 bits per heavy atom. The molecule has 4 nitrogen and oxygen atoms in total. The number of carbonyl (C=O) groups is 1. The van der Waals surface area contributed by atoms with Crippen LogP contribution in [0.3, 0.4) is 0 Å². The van der Waals surface area contributed by atoms with E-state index in [9.17, 15) is 9.18 Å². The van der Waals surface area contributed by atoms with Gasteiger partial charge in [0.05, 0.1) is 6.04 Å². The van der Waals surface area contributed by atoms with Gasteiger partial charge in [0.15, 0.2) is 0 Å². The molecule has 0 spiro atoms. The van der Waals surface area contributed by atoms with Crippen LogP contribution in [0.2, 0.25) is 0 Å². The zero-order chi connectivity index (χ0) is 17.9. The van der Waals surface area contributed by atoms with Gasteiger partial charge in [0.2, 0.25) is 5.91 Å². The highest BCUT2D eigenvalue weighted by molar-refractivity contribution is 5.77. The lowest BCUT2D eigenvalue weighted by Crippen LogP contribution is -2.40. The summed E-state index contributed by atoms with van der Waals surface area (Å²) >= 11 is 0. The van der Waals surface area contributed by atoms with Crippen LogP contribution in [0.5, 0.6) is 0 Å². The van der Waals surface area contributed by atoms with Gasteiger partial charge in [-0.15, -0.1) is 0 Å². The number of fused-ring (bicyclic) bond motifs is 1. The van der Waals surface area contributed by atoms with Gasteiger partial charge in [-0.25, -0.2) is 4.39 Å². The Morgan fingerprint density at radius 2 is 1.92 bits per heavy atom. The number of hydrogen-bond acceptors (Lipinski definition) is 2. The maximum Gasteiger partial charge on any atom is 0.223 e. The Bertz CT molecular complexity index is 890. The normalized spacial score (nSPS) is 16.3. The number of nitrogens with zero attached hydrogens (tertiary/aromatic N) is 3. The molecular weight excluding hydrogens is 329 g/mol. The third kappa shape index (κ3) is 3.38. The standard InChI is InChI=1S/C21H20FN3O/c22-18-9-6-16(7-10-18)8-11-21(26)24-14-17-4-1-2-5-19(17)20(15-24)25-13-3-12-23-25/h1-7,9-10,12-13,20H,8,11,14-15H2. The van der Waals surface area contributed by atoms with Crippen molar-refractivity contribution in [3.8, 4) is 0 Å². The first-order valence-electron chi connectivity index (χ1n) is 8.80. The van der Waals surface area contributed by atoms with Gasteiger partial charge in [-0.05, 0) is 41.3 Å². The predicted octanol–water partition coefficient (Wildman–Crippen LogP) is 3.59. The molecule has 0 saturated carbocycles. The summed E-state index contributed by atoms with van der Waals surface area (Å²) in [5.74, 6) is -0.143. The van der Waals surface area contributed by atoms with E-state index < -0.39 is 0 Å². The minimum Gasteiger partial charge on any atom is -0.336 e. The van der Waals surface area contributed by atoms with Gasteiger partial charge in [0.1, 0.15) is 5.82 Å². The Hall–Kier alpha value is -2.95. The Balaban J connectivity index is 1.50. The van der Waals surface area contributed by atoms with Gasteiger partial charge >= 0.3 is 0 Å². The SMILES string of the molecule is O=C(CCc1ccc(F)cc1)N1Cc2ccccc2C(n2cccn2)C1. The van der Waals surface area contributed by atoms with E-state index in [1.165, 1.54) is 17.7 Å². The monoisotopic (exact) mass is 349 g/mol. The van der Waals surface area contributed by atoms with E-state index in [4.69, 9.17) is 0 Å². The van der Waals surface area contributed by atoms with Gasteiger partial charge < -0.3 is 4.90 Å². The summed E-state index contributed by atoms with van der Waals surface area (Å²) in [6, 6.07) is 16.5. The molecule has 132 valence electrons. The van der Waals surface area contributed by atoms with E-state index in [0.29, 0.717) is 25.9 Å². The van der Waals surface area contributed by atoms with Crippen molar-refractivity contribution in [2.75, 3.05) is 6.54 Å². The van der Waals surface area contributed by atoms with E-state index in [1.54, 1.807) is 18.3 Å². The molecule has 0 N–H and O–H groups in total. The number of amides is 1. The first-order valence-corrected chi connectivity index (χ1v) is 8.80. The zero-order valence-electron chi connectivity index (χ0n) is 14.4. The molecule has 1 aliphatic heterocycles. The molecule has 0 aliphatic carbocycles. The van der Waals surface area contributed by atoms with Crippen LogP contribution in [-0.4, -0.2) is 27.1 Å². The molecule has 1 atom stereocenters. The van der Waals surface area contributed by atoms with E-state index in [-0.39, 0.29) is 17.8 Å². The summed E-state index contributed by atoms with van der Waals surface area (Å²) in [5.41, 5.74) is 3.36. The second-order valence-electron chi connectivity index (χ2n) is 6.60. The van der Waals surface area contributed by atoms with Crippen molar-refractivity contribution in [1.29, 1.82) is 0 Å². The molecule has 0 radical (unpaired) electrons. The fraction of sp³-hybridized carbons (Fsp3) is 0.238. The van der Waals surface area contributed by atoms with Gasteiger partial charge in [-0.1, -0.05) is 36.4 Å². The van der Waals surface area contributed by atoms with Gasteiger partial charge in [-0.3, -0.25) is 9.48 Å². The van der Waals surface area contributed by atoms with Crippen molar-refractivity contribution >= 4 is 5.91 Å². The molecule has 1 unspecified atom stereocenters. The van der Waals surface area contributed by atoms with Gasteiger partial charge in [0.25, 0.3) is 0 Å². The number of benzene rings is 2. The van der Waals surface area contributed by atoms with E-state index >= 15 is 0 Å². The molecule has 1 amide bonds. The minimum atomic E-state index is -0.255. The highest BCUT2D eigenvalue weighted by atomic mass is 19.1. The number of aryl methyl sites for hydroxylation is 1. The number of carbonyl (C=O) groups excluding carboxylic acids is 1. The number of hydrogen-bond donors (Lipinski definition) is 0. The average molecular weight is 349 g/mol. The Labute approximate surface area is 151 Å². The first-order chi connectivity index (χ1) is 12.7. The lowest BCUT2D eigenvalue weighted by Gasteiger charge is -2.35. The van der Waals surface area contributed by atoms with Crippen LogP contribution in [0, 0.1) is 5.82 Å². The van der Waals surface area contributed by atoms with Crippen molar-refractivity contribution in [3.05, 3.63) is 89.5 Å². The van der Waals surface area contributed by atoms with Crippen LogP contribution in [0.1, 0.15) is 29.2 Å². The highest BCUT2D eigenvalue weighted by Crippen LogP contribution is 2.29. The third-order valence-electron chi connectivity index (χ3n) is 4.91. The average Bonchev–Trinajstić information content (AvgIpc) is 3.21. The summed E-state index contributed by atoms with van der Waals surface area (Å²) in [4.78, 5) is 14.7. The molecule has 26 heavy (non-hydrogen) atoms. The van der Waals surface area contributed by atoms with Crippen LogP contribution < -0.4 is 0 Å². The second-order valence-corrected chi connectivity index (χ2v) is 6.60. The van der Waals surface area contributed by atoms with Gasteiger partial charge in [-0.2, -0.15) is 5.10 Å². The van der Waals surface area contributed by atoms with Crippen LogP contribution in [0.4, 0.5) is 4.39 Å². The van der Waals surface area contributed by atoms with Crippen molar-refractivity contribution in [2.24, 2.45) is 0 Å². The van der Waals surface area contributed by atoms with E-state index in [1.807, 2.05) is 34.0 Å². The maximum absolute atomic E-state index is 13.0. The maximum atomic E-state index is 13.0.